The fourth-order valence-electron chi connectivity index (χ4n) is 3.31. The molecule has 0 radical (unpaired) electrons. The predicted octanol–water partition coefficient (Wildman–Crippen LogP) is 4.55. The van der Waals surface area contributed by atoms with E-state index in [4.69, 9.17) is 4.74 Å². The molecule has 0 saturated carbocycles. The Morgan fingerprint density at radius 1 is 1.00 bits per heavy atom. The molecule has 0 saturated heterocycles. The van der Waals surface area contributed by atoms with Gasteiger partial charge < -0.3 is 19.9 Å². The highest BCUT2D eigenvalue weighted by atomic mass is 16.5. The van der Waals surface area contributed by atoms with Gasteiger partial charge in [-0.05, 0) is 58.0 Å². The van der Waals surface area contributed by atoms with Crippen LogP contribution in [0.1, 0.15) is 55.0 Å². The SMILES string of the molecule is CCOC(=O)c1c(/C=C/C(=O)Nc2ccc(NC(=O)C(C)C)cc2)c(C)n(CC)c1C. The molecule has 0 atom stereocenters. The van der Waals surface area contributed by atoms with Gasteiger partial charge >= 0.3 is 5.97 Å². The average molecular weight is 426 g/mol. The predicted molar refractivity (Wildman–Crippen MR) is 123 cm³/mol. The Bertz CT molecular complexity index is 985. The van der Waals surface area contributed by atoms with Gasteiger partial charge in [0.25, 0.3) is 0 Å². The van der Waals surface area contributed by atoms with E-state index in [9.17, 15) is 14.4 Å². The van der Waals surface area contributed by atoms with Crippen molar-refractivity contribution in [3.8, 4) is 0 Å². The van der Waals surface area contributed by atoms with Gasteiger partial charge in [-0.1, -0.05) is 13.8 Å². The second kappa shape index (κ2) is 10.6. The third-order valence-electron chi connectivity index (χ3n) is 4.97. The number of carbonyl (C=O) groups is 3. The van der Waals surface area contributed by atoms with Gasteiger partial charge in [-0.15, -0.1) is 0 Å². The summed E-state index contributed by atoms with van der Waals surface area (Å²) in [6.45, 7) is 12.2. The second-order valence-corrected chi connectivity index (χ2v) is 7.47. The van der Waals surface area contributed by atoms with Crippen molar-refractivity contribution in [3.05, 3.63) is 52.9 Å². The molecule has 1 aromatic carbocycles. The van der Waals surface area contributed by atoms with Gasteiger partial charge in [-0.25, -0.2) is 4.79 Å². The van der Waals surface area contributed by atoms with Crippen LogP contribution in [0.5, 0.6) is 0 Å². The molecule has 0 aliphatic carbocycles. The van der Waals surface area contributed by atoms with Gasteiger partial charge in [0.05, 0.1) is 12.2 Å². The summed E-state index contributed by atoms with van der Waals surface area (Å²) in [6.07, 6.45) is 3.05. The Morgan fingerprint density at radius 3 is 2.10 bits per heavy atom. The van der Waals surface area contributed by atoms with Crippen LogP contribution in [0, 0.1) is 19.8 Å². The molecular formula is C24H31N3O4. The van der Waals surface area contributed by atoms with Crippen LogP contribution >= 0.6 is 0 Å². The zero-order valence-electron chi connectivity index (χ0n) is 19.0. The van der Waals surface area contributed by atoms with E-state index in [1.165, 1.54) is 6.08 Å². The summed E-state index contributed by atoms with van der Waals surface area (Å²) in [5.41, 5.74) is 4.14. The first kappa shape index (κ1) is 23.9. The molecule has 0 bridgehead atoms. The Kier molecular flexibility index (Phi) is 8.19. The fraction of sp³-hybridized carbons (Fsp3) is 0.375. The van der Waals surface area contributed by atoms with E-state index >= 15 is 0 Å². The number of hydrogen-bond donors (Lipinski definition) is 2. The Hall–Kier alpha value is -3.35. The zero-order valence-corrected chi connectivity index (χ0v) is 19.0. The number of carbonyl (C=O) groups excluding carboxylic acids is 3. The summed E-state index contributed by atoms with van der Waals surface area (Å²) in [4.78, 5) is 36.6. The minimum atomic E-state index is -0.394. The van der Waals surface area contributed by atoms with Gasteiger partial charge in [0.1, 0.15) is 0 Å². The van der Waals surface area contributed by atoms with E-state index in [0.717, 1.165) is 11.4 Å². The van der Waals surface area contributed by atoms with Crippen LogP contribution in [0.4, 0.5) is 11.4 Å². The second-order valence-electron chi connectivity index (χ2n) is 7.47. The first-order valence-electron chi connectivity index (χ1n) is 10.5. The number of anilines is 2. The van der Waals surface area contributed by atoms with E-state index in [2.05, 4.69) is 10.6 Å². The summed E-state index contributed by atoms with van der Waals surface area (Å²) >= 11 is 0. The molecule has 1 aromatic heterocycles. The molecule has 7 heteroatoms. The maximum absolute atomic E-state index is 12.5. The number of hydrogen-bond acceptors (Lipinski definition) is 4. The lowest BCUT2D eigenvalue weighted by Crippen LogP contribution is -2.17. The summed E-state index contributed by atoms with van der Waals surface area (Å²) in [6, 6.07) is 6.89. The third kappa shape index (κ3) is 5.84. The minimum absolute atomic E-state index is 0.0678. The zero-order chi connectivity index (χ0) is 23.1. The van der Waals surface area contributed by atoms with Crippen molar-refractivity contribution in [2.45, 2.75) is 48.1 Å². The van der Waals surface area contributed by atoms with Gasteiger partial charge in [-0.3, -0.25) is 9.59 Å². The number of benzene rings is 1. The van der Waals surface area contributed by atoms with Crippen molar-refractivity contribution in [3.63, 3.8) is 0 Å². The van der Waals surface area contributed by atoms with Crippen LogP contribution in [0.15, 0.2) is 30.3 Å². The van der Waals surface area contributed by atoms with Gasteiger partial charge in [-0.2, -0.15) is 0 Å². The lowest BCUT2D eigenvalue weighted by molar-refractivity contribution is -0.119. The quantitative estimate of drug-likeness (QED) is 0.480. The maximum atomic E-state index is 12.5. The van der Waals surface area contributed by atoms with Crippen LogP contribution < -0.4 is 10.6 Å². The molecule has 166 valence electrons. The molecule has 2 aromatic rings. The number of rotatable bonds is 8. The molecule has 0 spiro atoms. The molecule has 0 aliphatic heterocycles. The first-order chi connectivity index (χ1) is 14.7. The molecule has 0 aliphatic rings. The fourth-order valence-corrected chi connectivity index (χ4v) is 3.31. The summed E-state index contributed by atoms with van der Waals surface area (Å²) < 4.78 is 7.22. The van der Waals surface area contributed by atoms with Crippen molar-refractivity contribution < 1.29 is 19.1 Å². The number of nitrogens with zero attached hydrogens (tertiary/aromatic N) is 1. The van der Waals surface area contributed by atoms with E-state index in [1.807, 2.05) is 39.2 Å². The summed E-state index contributed by atoms with van der Waals surface area (Å²) in [7, 11) is 0. The van der Waals surface area contributed by atoms with Gasteiger partial charge in [0.15, 0.2) is 0 Å². The normalized spacial score (nSPS) is 11.1. The Labute approximate surface area is 183 Å². The molecule has 0 unspecified atom stereocenters. The van der Waals surface area contributed by atoms with Crippen LogP contribution in [-0.4, -0.2) is 29.0 Å². The van der Waals surface area contributed by atoms with Crippen LogP contribution in [0.2, 0.25) is 0 Å². The monoisotopic (exact) mass is 425 g/mol. The molecular weight excluding hydrogens is 394 g/mol. The first-order valence-corrected chi connectivity index (χ1v) is 10.5. The van der Waals surface area contributed by atoms with Gasteiger partial charge in [0.2, 0.25) is 11.8 Å². The number of aromatic nitrogens is 1. The van der Waals surface area contributed by atoms with Crippen molar-refractivity contribution >= 4 is 35.2 Å². The van der Waals surface area contributed by atoms with E-state index in [0.29, 0.717) is 29.0 Å². The van der Waals surface area contributed by atoms with Crippen molar-refractivity contribution in [1.82, 2.24) is 4.57 Å². The number of nitrogens with one attached hydrogen (secondary N) is 2. The summed E-state index contributed by atoms with van der Waals surface area (Å²) in [5, 5.41) is 5.59. The van der Waals surface area contributed by atoms with Crippen LogP contribution in [0.3, 0.4) is 0 Å². The lowest BCUT2D eigenvalue weighted by atomic mass is 10.1. The van der Waals surface area contributed by atoms with Gasteiger partial charge in [0, 0.05) is 46.9 Å². The van der Waals surface area contributed by atoms with E-state index in [1.54, 1.807) is 37.3 Å². The van der Waals surface area contributed by atoms with E-state index < -0.39 is 5.97 Å². The molecule has 0 fully saturated rings. The van der Waals surface area contributed by atoms with Crippen molar-refractivity contribution in [2.75, 3.05) is 17.2 Å². The Morgan fingerprint density at radius 2 is 1.58 bits per heavy atom. The number of esters is 1. The Balaban J connectivity index is 2.16. The highest BCUT2D eigenvalue weighted by molar-refractivity contribution is 6.04. The number of ether oxygens (including phenoxy) is 1. The van der Waals surface area contributed by atoms with Crippen molar-refractivity contribution in [2.24, 2.45) is 5.92 Å². The molecule has 1 heterocycles. The maximum Gasteiger partial charge on any atom is 0.340 e. The summed E-state index contributed by atoms with van der Waals surface area (Å²) in [5.74, 6) is -0.898. The van der Waals surface area contributed by atoms with Crippen molar-refractivity contribution in [1.29, 1.82) is 0 Å². The molecule has 2 amide bonds. The van der Waals surface area contributed by atoms with E-state index in [-0.39, 0.29) is 24.3 Å². The number of amides is 2. The lowest BCUT2D eigenvalue weighted by Gasteiger charge is -2.08. The van der Waals surface area contributed by atoms with Crippen LogP contribution in [-0.2, 0) is 20.9 Å². The molecule has 7 nitrogen and oxygen atoms in total. The standard InChI is InChI=1S/C24H31N3O4/c1-7-27-16(5)20(22(17(27)6)24(30)31-8-2)13-14-21(28)25-18-9-11-19(12-10-18)26-23(29)15(3)4/h9-15H,7-8H2,1-6H3,(H,25,28)(H,26,29)/b14-13+. The average Bonchev–Trinajstić information content (AvgIpc) is 2.96. The highest BCUT2D eigenvalue weighted by Gasteiger charge is 2.22. The molecule has 2 N–H and O–H groups in total. The highest BCUT2D eigenvalue weighted by Crippen LogP contribution is 2.25. The topological polar surface area (TPSA) is 89.4 Å². The third-order valence-corrected chi connectivity index (χ3v) is 4.97. The molecule has 2 rings (SSSR count). The minimum Gasteiger partial charge on any atom is -0.462 e. The largest absolute Gasteiger partial charge is 0.462 e. The smallest absolute Gasteiger partial charge is 0.340 e. The van der Waals surface area contributed by atoms with Crippen LogP contribution in [0.25, 0.3) is 6.08 Å². The molecule has 31 heavy (non-hydrogen) atoms.